The minimum absolute atomic E-state index is 0. The predicted molar refractivity (Wildman–Crippen MR) is 43.5 cm³/mol. The maximum Gasteiger partial charge on any atom is 0.234 e. The Hall–Kier alpha value is 1.89. The standard InChI is InChI=1S/C6H13ClO2Si.2HI/c1-3-8-6(2)9-10-5-4-7;;/h6H,3-5H2,1-2H3;2*1H/p-2. The van der Waals surface area contributed by atoms with E-state index in [0.29, 0.717) is 22.3 Å². The number of rotatable bonds is 6. The van der Waals surface area contributed by atoms with Gasteiger partial charge in [0.2, 0.25) is 9.76 Å². The molecule has 0 saturated heterocycles. The summed E-state index contributed by atoms with van der Waals surface area (Å²) in [4.78, 5) is 0. The van der Waals surface area contributed by atoms with Crippen molar-refractivity contribution >= 4 is 21.4 Å². The van der Waals surface area contributed by atoms with Gasteiger partial charge in [0.05, 0.1) is 0 Å². The Bertz CT molecular complexity index is 80.6. The first-order valence-corrected chi connectivity index (χ1v) is 5.02. The molecule has 0 bridgehead atoms. The topological polar surface area (TPSA) is 18.5 Å². The fourth-order valence-electron chi connectivity index (χ4n) is 0.484. The molecule has 2 radical (unpaired) electrons. The van der Waals surface area contributed by atoms with Crippen LogP contribution in [-0.2, 0) is 9.16 Å². The Labute approximate surface area is 116 Å². The summed E-state index contributed by atoms with van der Waals surface area (Å²) >= 11 is 5.45. The predicted octanol–water partition coefficient (Wildman–Crippen LogP) is -4.33. The molecule has 0 aromatic carbocycles. The van der Waals surface area contributed by atoms with Crippen molar-refractivity contribution in [2.45, 2.75) is 26.2 Å². The maximum absolute atomic E-state index is 5.45. The van der Waals surface area contributed by atoms with Crippen molar-refractivity contribution in [2.24, 2.45) is 0 Å². The lowest BCUT2D eigenvalue weighted by Crippen LogP contribution is -3.00. The Morgan fingerprint density at radius 1 is 1.42 bits per heavy atom. The van der Waals surface area contributed by atoms with Crippen LogP contribution in [0.5, 0.6) is 0 Å². The molecule has 0 aliphatic carbocycles. The zero-order valence-corrected chi connectivity index (χ0v) is 13.2. The van der Waals surface area contributed by atoms with Crippen LogP contribution in [0.1, 0.15) is 13.8 Å². The summed E-state index contributed by atoms with van der Waals surface area (Å²) in [7, 11) is 0.465. The highest BCUT2D eigenvalue weighted by atomic mass is 127. The molecule has 0 rings (SSSR count). The first-order chi connectivity index (χ1) is 4.81. The minimum atomic E-state index is -0.0773. The van der Waals surface area contributed by atoms with Crippen LogP contribution in [0.2, 0.25) is 6.04 Å². The number of alkyl halides is 1. The molecule has 0 fully saturated rings. The minimum Gasteiger partial charge on any atom is -1.00 e. The van der Waals surface area contributed by atoms with E-state index in [-0.39, 0.29) is 54.2 Å². The van der Waals surface area contributed by atoms with Gasteiger partial charge in [-0.3, -0.25) is 0 Å². The molecule has 0 saturated carbocycles. The van der Waals surface area contributed by atoms with Crippen molar-refractivity contribution in [1.29, 1.82) is 0 Å². The molecule has 2 nitrogen and oxygen atoms in total. The van der Waals surface area contributed by atoms with Crippen LogP contribution in [0.25, 0.3) is 0 Å². The van der Waals surface area contributed by atoms with Crippen molar-refractivity contribution in [2.75, 3.05) is 12.5 Å². The van der Waals surface area contributed by atoms with Crippen LogP contribution in [0.4, 0.5) is 0 Å². The zero-order chi connectivity index (χ0) is 7.82. The van der Waals surface area contributed by atoms with Crippen LogP contribution < -0.4 is 48.0 Å². The number of hydrogen-bond donors (Lipinski definition) is 0. The normalized spacial score (nSPS) is 11.2. The summed E-state index contributed by atoms with van der Waals surface area (Å²) in [6.07, 6.45) is -0.0773. The molecular weight excluding hydrogens is 421 g/mol. The second kappa shape index (κ2) is 15.4. The number of hydrogen-bond acceptors (Lipinski definition) is 2. The maximum atomic E-state index is 5.45. The van der Waals surface area contributed by atoms with Gasteiger partial charge in [0.15, 0.2) is 0 Å². The van der Waals surface area contributed by atoms with Crippen molar-refractivity contribution in [3.8, 4) is 0 Å². The highest BCUT2D eigenvalue weighted by Crippen LogP contribution is 1.93. The Balaban J connectivity index is -0.000000405. The summed E-state index contributed by atoms with van der Waals surface area (Å²) < 4.78 is 10.4. The van der Waals surface area contributed by atoms with Crippen LogP contribution >= 0.6 is 11.6 Å². The second-order valence-electron chi connectivity index (χ2n) is 1.72. The molecule has 1 unspecified atom stereocenters. The van der Waals surface area contributed by atoms with Crippen molar-refractivity contribution in [3.05, 3.63) is 0 Å². The fraction of sp³-hybridized carbons (Fsp3) is 1.00. The number of ether oxygens (including phenoxy) is 1. The Kier molecular flexibility index (Phi) is 24.9. The third kappa shape index (κ3) is 14.4. The van der Waals surface area contributed by atoms with Crippen LogP contribution in [-0.4, -0.2) is 28.5 Å². The average Bonchev–Trinajstić information content (AvgIpc) is 1.89. The quantitative estimate of drug-likeness (QED) is 0.138. The lowest BCUT2D eigenvalue weighted by atomic mass is 10.7. The summed E-state index contributed by atoms with van der Waals surface area (Å²) in [5.74, 6) is 0.664. The van der Waals surface area contributed by atoms with Gasteiger partial charge in [-0.25, -0.2) is 0 Å². The molecule has 0 aliphatic rings. The van der Waals surface area contributed by atoms with E-state index in [1.165, 1.54) is 0 Å². The molecule has 0 aromatic rings. The van der Waals surface area contributed by atoms with Gasteiger partial charge in [0.1, 0.15) is 6.29 Å². The molecule has 0 aromatic heterocycles. The van der Waals surface area contributed by atoms with E-state index in [1.807, 2.05) is 13.8 Å². The average molecular weight is 435 g/mol. The molecule has 76 valence electrons. The van der Waals surface area contributed by atoms with Gasteiger partial charge in [0.25, 0.3) is 0 Å². The van der Waals surface area contributed by atoms with E-state index in [4.69, 9.17) is 20.8 Å². The lowest BCUT2D eigenvalue weighted by Gasteiger charge is -2.10. The summed E-state index contributed by atoms with van der Waals surface area (Å²) in [5.41, 5.74) is 0. The summed E-state index contributed by atoms with van der Waals surface area (Å²) in [6, 6.07) is 0.916. The van der Waals surface area contributed by atoms with E-state index in [0.717, 1.165) is 6.04 Å². The van der Waals surface area contributed by atoms with Gasteiger partial charge in [-0.1, -0.05) is 0 Å². The van der Waals surface area contributed by atoms with Crippen molar-refractivity contribution in [1.82, 2.24) is 0 Å². The van der Waals surface area contributed by atoms with Crippen molar-refractivity contribution < 1.29 is 57.1 Å². The molecule has 0 aliphatic heterocycles. The van der Waals surface area contributed by atoms with E-state index in [1.54, 1.807) is 0 Å². The molecular formula is C6H13ClI2O2Si-2. The fourth-order valence-corrected chi connectivity index (χ4v) is 1.21. The Morgan fingerprint density at radius 2 is 2.00 bits per heavy atom. The molecule has 0 spiro atoms. The van der Waals surface area contributed by atoms with E-state index >= 15 is 0 Å². The third-order valence-electron chi connectivity index (χ3n) is 0.847. The van der Waals surface area contributed by atoms with Crippen LogP contribution in [0, 0.1) is 0 Å². The summed E-state index contributed by atoms with van der Waals surface area (Å²) in [6.45, 7) is 4.54. The van der Waals surface area contributed by atoms with E-state index in [2.05, 4.69) is 0 Å². The first kappa shape index (κ1) is 19.5. The second-order valence-corrected chi connectivity index (χ2v) is 3.13. The van der Waals surface area contributed by atoms with E-state index < -0.39 is 0 Å². The zero-order valence-electron chi connectivity index (χ0n) is 7.15. The molecule has 0 heterocycles. The third-order valence-corrected chi connectivity index (χ3v) is 2.31. The van der Waals surface area contributed by atoms with Gasteiger partial charge in [0, 0.05) is 12.5 Å². The molecule has 1 atom stereocenters. The van der Waals surface area contributed by atoms with Crippen LogP contribution in [0.15, 0.2) is 0 Å². The van der Waals surface area contributed by atoms with E-state index in [9.17, 15) is 0 Å². The molecule has 12 heavy (non-hydrogen) atoms. The van der Waals surface area contributed by atoms with Crippen molar-refractivity contribution in [3.63, 3.8) is 0 Å². The SMILES string of the molecule is CCOC(C)O[Si]CCCl.[I-].[I-]. The summed E-state index contributed by atoms with van der Waals surface area (Å²) in [5, 5.41) is 0. The first-order valence-electron chi connectivity index (χ1n) is 3.37. The van der Waals surface area contributed by atoms with Gasteiger partial charge < -0.3 is 57.1 Å². The smallest absolute Gasteiger partial charge is 0.234 e. The molecule has 0 N–H and O–H groups in total. The largest absolute Gasteiger partial charge is 1.00 e. The molecule has 0 amide bonds. The van der Waals surface area contributed by atoms with Crippen LogP contribution in [0.3, 0.4) is 0 Å². The monoisotopic (exact) mass is 434 g/mol. The van der Waals surface area contributed by atoms with Gasteiger partial charge in [-0.15, -0.1) is 11.6 Å². The molecule has 6 heteroatoms. The highest BCUT2D eigenvalue weighted by Gasteiger charge is 1.99. The Morgan fingerprint density at radius 3 is 2.42 bits per heavy atom. The van der Waals surface area contributed by atoms with Gasteiger partial charge in [-0.2, -0.15) is 0 Å². The number of halogens is 3. The van der Waals surface area contributed by atoms with Gasteiger partial charge in [-0.05, 0) is 19.9 Å². The van der Waals surface area contributed by atoms with Gasteiger partial charge >= 0.3 is 0 Å². The highest BCUT2D eigenvalue weighted by molar-refractivity contribution is 6.31. The lowest BCUT2D eigenvalue weighted by molar-refractivity contribution is -0.0604.